The highest BCUT2D eigenvalue weighted by molar-refractivity contribution is 14.0. The highest BCUT2D eigenvalue weighted by Crippen LogP contribution is 2.17. The number of guanidine groups is 1. The summed E-state index contributed by atoms with van der Waals surface area (Å²) in [5, 5.41) is 11.3. The molecule has 3 rings (SSSR count). The lowest BCUT2D eigenvalue weighted by atomic mass is 10.2. The number of aryl methyl sites for hydroxylation is 2. The summed E-state index contributed by atoms with van der Waals surface area (Å²) in [5.74, 6) is 0.807. The first-order valence-electron chi connectivity index (χ1n) is 9.71. The number of para-hydroxylation sites is 1. The van der Waals surface area contributed by atoms with Crippen molar-refractivity contribution in [3.05, 3.63) is 77.4 Å². The Balaban J connectivity index is 0.00000300. The van der Waals surface area contributed by atoms with Crippen molar-refractivity contribution < 1.29 is 0 Å². The summed E-state index contributed by atoms with van der Waals surface area (Å²) in [5.41, 5.74) is 5.41. The van der Waals surface area contributed by atoms with Gasteiger partial charge in [-0.3, -0.25) is 4.98 Å². The molecule has 0 aliphatic carbocycles. The fraction of sp³-hybridized carbons (Fsp3) is 0.318. The van der Waals surface area contributed by atoms with E-state index in [1.54, 1.807) is 0 Å². The van der Waals surface area contributed by atoms with Gasteiger partial charge < -0.3 is 10.6 Å². The Morgan fingerprint density at radius 1 is 1.07 bits per heavy atom. The highest BCUT2D eigenvalue weighted by atomic mass is 127. The van der Waals surface area contributed by atoms with Crippen molar-refractivity contribution in [2.45, 2.75) is 33.7 Å². The van der Waals surface area contributed by atoms with Gasteiger partial charge in [0.25, 0.3) is 0 Å². The zero-order valence-corrected chi connectivity index (χ0v) is 19.6. The molecule has 2 heterocycles. The first-order valence-corrected chi connectivity index (χ1v) is 9.71. The first-order chi connectivity index (χ1) is 13.7. The fourth-order valence-corrected chi connectivity index (χ4v) is 3.08. The van der Waals surface area contributed by atoms with Gasteiger partial charge in [-0.2, -0.15) is 5.10 Å². The molecule has 7 heteroatoms. The van der Waals surface area contributed by atoms with Crippen molar-refractivity contribution >= 4 is 29.9 Å². The zero-order chi connectivity index (χ0) is 19.8. The third-order valence-electron chi connectivity index (χ3n) is 4.38. The average Bonchev–Trinajstić information content (AvgIpc) is 3.05. The van der Waals surface area contributed by atoms with Gasteiger partial charge in [0, 0.05) is 37.1 Å². The number of rotatable bonds is 7. The van der Waals surface area contributed by atoms with E-state index in [2.05, 4.69) is 52.8 Å². The van der Waals surface area contributed by atoms with Gasteiger partial charge in [-0.1, -0.05) is 24.3 Å². The van der Waals surface area contributed by atoms with Crippen LogP contribution in [0.4, 0.5) is 0 Å². The normalized spacial score (nSPS) is 11.1. The van der Waals surface area contributed by atoms with Crippen molar-refractivity contribution in [2.24, 2.45) is 4.99 Å². The number of halogens is 1. The van der Waals surface area contributed by atoms with Crippen LogP contribution in [0.25, 0.3) is 5.69 Å². The number of pyridine rings is 1. The zero-order valence-electron chi connectivity index (χ0n) is 17.2. The Morgan fingerprint density at radius 3 is 2.55 bits per heavy atom. The van der Waals surface area contributed by atoms with Crippen molar-refractivity contribution in [3.63, 3.8) is 0 Å². The molecule has 2 N–H and O–H groups in total. The highest BCUT2D eigenvalue weighted by Gasteiger charge is 2.08. The van der Waals surface area contributed by atoms with Crippen LogP contribution in [0.15, 0.2) is 59.7 Å². The monoisotopic (exact) mass is 504 g/mol. The van der Waals surface area contributed by atoms with Crippen LogP contribution >= 0.6 is 24.0 Å². The van der Waals surface area contributed by atoms with Crippen LogP contribution in [0, 0.1) is 13.8 Å². The van der Waals surface area contributed by atoms with Gasteiger partial charge in [-0.25, -0.2) is 9.67 Å². The summed E-state index contributed by atoms with van der Waals surface area (Å²) in [6, 6.07) is 16.3. The van der Waals surface area contributed by atoms with Crippen LogP contribution in [0.1, 0.15) is 29.6 Å². The molecule has 0 spiro atoms. The van der Waals surface area contributed by atoms with E-state index in [4.69, 9.17) is 4.99 Å². The number of nitrogens with one attached hydrogen (secondary N) is 2. The van der Waals surface area contributed by atoms with E-state index in [-0.39, 0.29) is 24.0 Å². The topological polar surface area (TPSA) is 67.1 Å². The number of aliphatic imine (C=N–C) groups is 1. The maximum atomic E-state index is 4.77. The molecule has 1 aromatic carbocycles. The summed E-state index contributed by atoms with van der Waals surface area (Å²) in [6.07, 6.45) is 2.68. The predicted octanol–water partition coefficient (Wildman–Crippen LogP) is 3.80. The van der Waals surface area contributed by atoms with E-state index in [0.29, 0.717) is 6.54 Å². The Kier molecular flexibility index (Phi) is 9.11. The maximum Gasteiger partial charge on any atom is 0.191 e. The molecule has 0 bridgehead atoms. The predicted molar refractivity (Wildman–Crippen MR) is 129 cm³/mol. The SMILES string of the molecule is CCNC(=NCc1ccccc1-n1nc(C)cc1C)NCCc1ccccn1.I. The number of benzene rings is 1. The standard InChI is InChI=1S/C22H28N6.HI/c1-4-23-22(25-14-12-20-10-7-8-13-24-20)26-16-19-9-5-6-11-21(19)28-18(3)15-17(2)27-28;/h5-11,13,15H,4,12,14,16H2,1-3H3,(H2,23,25,26);1H. The van der Waals surface area contributed by atoms with Crippen LogP contribution in [0.2, 0.25) is 0 Å². The van der Waals surface area contributed by atoms with Gasteiger partial charge in [0.05, 0.1) is 17.9 Å². The van der Waals surface area contributed by atoms with Gasteiger partial charge in [-0.15, -0.1) is 24.0 Å². The quantitative estimate of drug-likeness (QED) is 0.292. The average molecular weight is 504 g/mol. The Morgan fingerprint density at radius 2 is 1.86 bits per heavy atom. The first kappa shape index (κ1) is 22.9. The van der Waals surface area contributed by atoms with Crippen molar-refractivity contribution in [3.8, 4) is 5.69 Å². The number of aromatic nitrogens is 3. The molecular weight excluding hydrogens is 475 g/mol. The molecule has 0 amide bonds. The minimum atomic E-state index is 0. The number of hydrogen-bond donors (Lipinski definition) is 2. The molecule has 3 aromatic rings. The molecule has 0 aliphatic heterocycles. The number of nitrogens with zero attached hydrogens (tertiary/aromatic N) is 4. The van der Waals surface area contributed by atoms with Gasteiger partial charge in [0.1, 0.15) is 0 Å². The maximum absolute atomic E-state index is 4.77. The van der Waals surface area contributed by atoms with Crippen molar-refractivity contribution in [1.29, 1.82) is 0 Å². The Labute approximate surface area is 189 Å². The van der Waals surface area contributed by atoms with Gasteiger partial charge in [0.2, 0.25) is 0 Å². The fourth-order valence-electron chi connectivity index (χ4n) is 3.08. The van der Waals surface area contributed by atoms with Crippen LogP contribution in [0.5, 0.6) is 0 Å². The second-order valence-electron chi connectivity index (χ2n) is 6.66. The molecule has 6 nitrogen and oxygen atoms in total. The number of hydrogen-bond acceptors (Lipinski definition) is 3. The molecule has 154 valence electrons. The summed E-state index contributed by atoms with van der Waals surface area (Å²) in [7, 11) is 0. The van der Waals surface area contributed by atoms with Gasteiger partial charge in [0.15, 0.2) is 5.96 Å². The van der Waals surface area contributed by atoms with E-state index < -0.39 is 0 Å². The third-order valence-corrected chi connectivity index (χ3v) is 4.38. The van der Waals surface area contributed by atoms with Crippen LogP contribution < -0.4 is 10.6 Å². The molecule has 2 aromatic heterocycles. The minimum absolute atomic E-state index is 0. The molecule has 0 saturated heterocycles. The Bertz CT molecular complexity index is 920. The Hall–Kier alpha value is -2.42. The molecule has 0 unspecified atom stereocenters. The summed E-state index contributed by atoms with van der Waals surface area (Å²) in [6.45, 7) is 8.33. The van der Waals surface area contributed by atoms with Gasteiger partial charge in [-0.05, 0) is 50.6 Å². The van der Waals surface area contributed by atoms with Gasteiger partial charge >= 0.3 is 0 Å². The van der Waals surface area contributed by atoms with Crippen LogP contribution in [-0.2, 0) is 13.0 Å². The lowest BCUT2D eigenvalue weighted by Crippen LogP contribution is -2.38. The lowest BCUT2D eigenvalue weighted by molar-refractivity contribution is 0.783. The molecule has 0 aliphatic rings. The second kappa shape index (κ2) is 11.5. The molecule has 0 atom stereocenters. The van der Waals surface area contributed by atoms with Crippen LogP contribution in [-0.4, -0.2) is 33.8 Å². The van der Waals surface area contributed by atoms with Crippen molar-refractivity contribution in [1.82, 2.24) is 25.4 Å². The van der Waals surface area contributed by atoms with Crippen molar-refractivity contribution in [2.75, 3.05) is 13.1 Å². The summed E-state index contributed by atoms with van der Waals surface area (Å²) < 4.78 is 1.99. The van der Waals surface area contributed by atoms with E-state index in [9.17, 15) is 0 Å². The largest absolute Gasteiger partial charge is 0.357 e. The minimum Gasteiger partial charge on any atom is -0.357 e. The van der Waals surface area contributed by atoms with E-state index in [0.717, 1.165) is 53.8 Å². The van der Waals surface area contributed by atoms with Crippen LogP contribution in [0.3, 0.4) is 0 Å². The molecule has 29 heavy (non-hydrogen) atoms. The summed E-state index contributed by atoms with van der Waals surface area (Å²) >= 11 is 0. The molecule has 0 fully saturated rings. The smallest absolute Gasteiger partial charge is 0.191 e. The lowest BCUT2D eigenvalue weighted by Gasteiger charge is -2.13. The third kappa shape index (κ3) is 6.56. The molecular formula is C22H29IN6. The second-order valence-corrected chi connectivity index (χ2v) is 6.66. The van der Waals surface area contributed by atoms with E-state index in [1.165, 1.54) is 0 Å². The van der Waals surface area contributed by atoms with E-state index >= 15 is 0 Å². The van der Waals surface area contributed by atoms with E-state index in [1.807, 2.05) is 48.1 Å². The molecule has 0 radical (unpaired) electrons. The summed E-state index contributed by atoms with van der Waals surface area (Å²) in [4.78, 5) is 9.13. The molecule has 0 saturated carbocycles.